The molecular formula is C13H26N2O2. The van der Waals surface area contributed by atoms with Gasteiger partial charge in [0, 0.05) is 32.8 Å². The molecule has 2 heterocycles. The molecule has 17 heavy (non-hydrogen) atoms. The molecule has 100 valence electrons. The third-order valence-corrected chi connectivity index (χ3v) is 3.89. The van der Waals surface area contributed by atoms with Gasteiger partial charge in [0.1, 0.15) is 0 Å². The quantitative estimate of drug-likeness (QED) is 0.764. The molecule has 2 saturated heterocycles. The predicted molar refractivity (Wildman–Crippen MR) is 68.2 cm³/mol. The van der Waals surface area contributed by atoms with Crippen LogP contribution in [0.3, 0.4) is 0 Å². The summed E-state index contributed by atoms with van der Waals surface area (Å²) in [5, 5.41) is 8.95. The maximum Gasteiger partial charge on any atom is 0.0588 e. The lowest BCUT2D eigenvalue weighted by Crippen LogP contribution is -2.33. The van der Waals surface area contributed by atoms with Crippen LogP contribution in [-0.4, -0.2) is 73.5 Å². The van der Waals surface area contributed by atoms with Gasteiger partial charge in [-0.1, -0.05) is 0 Å². The molecule has 0 bridgehead atoms. The minimum Gasteiger partial charge on any atom is -0.395 e. The van der Waals surface area contributed by atoms with Gasteiger partial charge in [-0.15, -0.1) is 0 Å². The molecule has 2 fully saturated rings. The molecule has 0 amide bonds. The summed E-state index contributed by atoms with van der Waals surface area (Å²) < 4.78 is 5.66. The standard InChI is InChI=1S/C13H26N2O2/c16-11-10-15-6-2-5-14(8-9-15)7-4-13-3-1-12-17-13/h13,16H,1-12H2. The Bertz CT molecular complexity index is 208. The van der Waals surface area contributed by atoms with Crippen molar-refractivity contribution in [1.82, 2.24) is 9.80 Å². The number of ether oxygens (including phenoxy) is 1. The van der Waals surface area contributed by atoms with Gasteiger partial charge in [-0.25, -0.2) is 0 Å². The Morgan fingerprint density at radius 2 is 1.76 bits per heavy atom. The van der Waals surface area contributed by atoms with Crippen LogP contribution < -0.4 is 0 Å². The number of aliphatic hydroxyl groups excluding tert-OH is 1. The molecule has 1 atom stereocenters. The fraction of sp³-hybridized carbons (Fsp3) is 1.00. The van der Waals surface area contributed by atoms with Crippen molar-refractivity contribution in [1.29, 1.82) is 0 Å². The molecule has 0 aromatic rings. The number of aliphatic hydroxyl groups is 1. The summed E-state index contributed by atoms with van der Waals surface area (Å²) in [6.07, 6.45) is 5.44. The van der Waals surface area contributed by atoms with E-state index in [2.05, 4.69) is 9.80 Å². The molecule has 0 spiro atoms. The summed E-state index contributed by atoms with van der Waals surface area (Å²) in [5.41, 5.74) is 0. The van der Waals surface area contributed by atoms with Crippen molar-refractivity contribution in [3.05, 3.63) is 0 Å². The third kappa shape index (κ3) is 4.54. The second kappa shape index (κ2) is 7.31. The van der Waals surface area contributed by atoms with Crippen molar-refractivity contribution in [2.45, 2.75) is 31.8 Å². The van der Waals surface area contributed by atoms with Crippen LogP contribution in [0.15, 0.2) is 0 Å². The monoisotopic (exact) mass is 242 g/mol. The van der Waals surface area contributed by atoms with Gasteiger partial charge in [0.2, 0.25) is 0 Å². The fourth-order valence-electron chi connectivity index (χ4n) is 2.81. The lowest BCUT2D eigenvalue weighted by atomic mass is 10.2. The Hall–Kier alpha value is -0.160. The van der Waals surface area contributed by atoms with Crippen LogP contribution in [0.1, 0.15) is 25.7 Å². The SMILES string of the molecule is OCCN1CCCN(CCC2CCCO2)CC1. The van der Waals surface area contributed by atoms with Gasteiger partial charge in [-0.3, -0.25) is 4.90 Å². The molecule has 0 aliphatic carbocycles. The highest BCUT2D eigenvalue weighted by Crippen LogP contribution is 2.16. The van der Waals surface area contributed by atoms with Crippen molar-refractivity contribution in [2.75, 3.05) is 52.5 Å². The van der Waals surface area contributed by atoms with Gasteiger partial charge in [0.05, 0.1) is 12.7 Å². The first-order chi connectivity index (χ1) is 8.38. The van der Waals surface area contributed by atoms with E-state index in [0.29, 0.717) is 6.10 Å². The molecule has 4 nitrogen and oxygen atoms in total. The van der Waals surface area contributed by atoms with Crippen LogP contribution in [-0.2, 0) is 4.74 Å². The van der Waals surface area contributed by atoms with Gasteiger partial charge in [-0.05, 0) is 38.8 Å². The summed E-state index contributed by atoms with van der Waals surface area (Å²) in [6, 6.07) is 0. The molecule has 1 N–H and O–H groups in total. The second-order valence-corrected chi connectivity index (χ2v) is 5.18. The van der Waals surface area contributed by atoms with E-state index in [-0.39, 0.29) is 6.61 Å². The number of nitrogens with zero attached hydrogens (tertiary/aromatic N) is 2. The predicted octanol–water partition coefficient (Wildman–Crippen LogP) is 0.556. The Balaban J connectivity index is 1.63. The van der Waals surface area contributed by atoms with E-state index in [0.717, 1.165) is 32.8 Å². The molecule has 2 aliphatic heterocycles. The molecule has 2 rings (SSSR count). The van der Waals surface area contributed by atoms with Crippen molar-refractivity contribution in [3.8, 4) is 0 Å². The summed E-state index contributed by atoms with van der Waals surface area (Å²) in [7, 11) is 0. The fourth-order valence-corrected chi connectivity index (χ4v) is 2.81. The van der Waals surface area contributed by atoms with E-state index < -0.39 is 0 Å². The molecule has 0 aromatic heterocycles. The molecule has 0 radical (unpaired) electrons. The van der Waals surface area contributed by atoms with Crippen molar-refractivity contribution >= 4 is 0 Å². The maximum absolute atomic E-state index is 8.95. The Kier molecular flexibility index (Phi) is 5.71. The second-order valence-electron chi connectivity index (χ2n) is 5.18. The minimum absolute atomic E-state index is 0.288. The van der Waals surface area contributed by atoms with Crippen LogP contribution in [0.5, 0.6) is 0 Å². The highest BCUT2D eigenvalue weighted by Gasteiger charge is 2.18. The zero-order chi connectivity index (χ0) is 11.9. The van der Waals surface area contributed by atoms with Crippen molar-refractivity contribution in [3.63, 3.8) is 0 Å². The molecule has 1 unspecified atom stereocenters. The van der Waals surface area contributed by atoms with E-state index in [4.69, 9.17) is 9.84 Å². The van der Waals surface area contributed by atoms with Crippen LogP contribution in [0.2, 0.25) is 0 Å². The molecular weight excluding hydrogens is 216 g/mol. The molecule has 4 heteroatoms. The van der Waals surface area contributed by atoms with Crippen LogP contribution >= 0.6 is 0 Å². The van der Waals surface area contributed by atoms with Gasteiger partial charge >= 0.3 is 0 Å². The summed E-state index contributed by atoms with van der Waals surface area (Å²) in [4.78, 5) is 4.92. The van der Waals surface area contributed by atoms with Crippen molar-refractivity contribution < 1.29 is 9.84 Å². The van der Waals surface area contributed by atoms with Gasteiger partial charge < -0.3 is 14.7 Å². The number of β-amino-alcohol motifs (C(OH)–C–C–N with tert-alkyl or cyclic N) is 1. The first-order valence-electron chi connectivity index (χ1n) is 7.05. The maximum atomic E-state index is 8.95. The van der Waals surface area contributed by atoms with Crippen molar-refractivity contribution in [2.24, 2.45) is 0 Å². The van der Waals surface area contributed by atoms with Gasteiger partial charge in [0.15, 0.2) is 0 Å². The summed E-state index contributed by atoms with van der Waals surface area (Å²) in [5.74, 6) is 0. The van der Waals surface area contributed by atoms with E-state index in [1.165, 1.54) is 38.8 Å². The van der Waals surface area contributed by atoms with Gasteiger partial charge in [-0.2, -0.15) is 0 Å². The Labute approximate surface area is 105 Å². The zero-order valence-electron chi connectivity index (χ0n) is 10.8. The Morgan fingerprint density at radius 1 is 1.00 bits per heavy atom. The summed E-state index contributed by atoms with van der Waals surface area (Å²) in [6.45, 7) is 7.85. The van der Waals surface area contributed by atoms with E-state index in [1.54, 1.807) is 0 Å². The van der Waals surface area contributed by atoms with E-state index in [9.17, 15) is 0 Å². The van der Waals surface area contributed by atoms with Crippen LogP contribution in [0.25, 0.3) is 0 Å². The molecule has 0 aromatic carbocycles. The normalized spacial score (nSPS) is 28.4. The molecule has 0 saturated carbocycles. The average Bonchev–Trinajstić information content (AvgIpc) is 2.75. The lowest BCUT2D eigenvalue weighted by molar-refractivity contribution is 0.0922. The first kappa shape index (κ1) is 13.3. The number of hydrogen-bond acceptors (Lipinski definition) is 4. The highest BCUT2D eigenvalue weighted by molar-refractivity contribution is 4.72. The van der Waals surface area contributed by atoms with Crippen LogP contribution in [0, 0.1) is 0 Å². The largest absolute Gasteiger partial charge is 0.395 e. The van der Waals surface area contributed by atoms with E-state index in [1.807, 2.05) is 0 Å². The smallest absolute Gasteiger partial charge is 0.0588 e. The number of hydrogen-bond donors (Lipinski definition) is 1. The minimum atomic E-state index is 0.288. The van der Waals surface area contributed by atoms with E-state index >= 15 is 0 Å². The number of rotatable bonds is 5. The third-order valence-electron chi connectivity index (χ3n) is 3.89. The van der Waals surface area contributed by atoms with Crippen LogP contribution in [0.4, 0.5) is 0 Å². The lowest BCUT2D eigenvalue weighted by Gasteiger charge is -2.22. The molecule has 2 aliphatic rings. The van der Waals surface area contributed by atoms with Gasteiger partial charge in [0.25, 0.3) is 0 Å². The highest BCUT2D eigenvalue weighted by atomic mass is 16.5. The first-order valence-corrected chi connectivity index (χ1v) is 7.05. The summed E-state index contributed by atoms with van der Waals surface area (Å²) >= 11 is 0. The average molecular weight is 242 g/mol. The topological polar surface area (TPSA) is 35.9 Å². The zero-order valence-corrected chi connectivity index (χ0v) is 10.8. The Morgan fingerprint density at radius 3 is 2.41 bits per heavy atom.